The van der Waals surface area contributed by atoms with Crippen LogP contribution < -0.4 is 5.73 Å². The van der Waals surface area contributed by atoms with E-state index >= 15 is 0 Å². The maximum atomic E-state index is 6.11. The first-order valence-corrected chi connectivity index (χ1v) is 6.51. The highest BCUT2D eigenvalue weighted by Gasteiger charge is 2.21. The van der Waals surface area contributed by atoms with Gasteiger partial charge in [0.15, 0.2) is 0 Å². The van der Waals surface area contributed by atoms with Gasteiger partial charge in [0, 0.05) is 23.7 Å². The van der Waals surface area contributed by atoms with E-state index in [0.717, 1.165) is 11.6 Å². The van der Waals surface area contributed by atoms with Gasteiger partial charge < -0.3 is 5.73 Å². The highest BCUT2D eigenvalue weighted by molar-refractivity contribution is 6.30. The Hall–Kier alpha value is -0.570. The first kappa shape index (κ1) is 14.5. The first-order valence-electron chi connectivity index (χ1n) is 6.13. The van der Waals surface area contributed by atoms with Crippen LogP contribution in [0.25, 0.3) is 0 Å². The third-order valence-corrected chi connectivity index (χ3v) is 3.09. The fourth-order valence-electron chi connectivity index (χ4n) is 2.31. The Labute approximate surface area is 110 Å². The van der Waals surface area contributed by atoms with Crippen molar-refractivity contribution < 1.29 is 0 Å². The molecule has 0 heterocycles. The smallest absolute Gasteiger partial charge is 0.0493 e. The van der Waals surface area contributed by atoms with Crippen molar-refractivity contribution in [1.29, 1.82) is 0 Å². The van der Waals surface area contributed by atoms with Gasteiger partial charge in [-0.3, -0.25) is 4.90 Å². The van der Waals surface area contributed by atoms with E-state index in [4.69, 9.17) is 17.3 Å². The van der Waals surface area contributed by atoms with Gasteiger partial charge in [-0.25, -0.2) is 0 Å². The Balaban J connectivity index is 2.89. The summed E-state index contributed by atoms with van der Waals surface area (Å²) in [6.45, 7) is 7.53. The molecule has 0 aliphatic rings. The van der Waals surface area contributed by atoms with Gasteiger partial charge in [0.2, 0.25) is 0 Å². The molecule has 0 spiro atoms. The van der Waals surface area contributed by atoms with E-state index in [1.165, 1.54) is 5.56 Å². The van der Waals surface area contributed by atoms with Crippen molar-refractivity contribution in [3.8, 4) is 0 Å². The standard InChI is InChI=1S/C14H23ClN2/c1-10(2)9-17(4)14(11(3)16)12-5-7-13(15)8-6-12/h5-8,10-11,14H,9,16H2,1-4H3. The Bertz CT molecular complexity index is 333. The SMILES string of the molecule is CC(C)CN(C)C(c1ccc(Cl)cc1)C(C)N. The van der Waals surface area contributed by atoms with Gasteiger partial charge in [-0.15, -0.1) is 0 Å². The molecule has 0 saturated heterocycles. The molecule has 1 rings (SSSR count). The first-order chi connectivity index (χ1) is 7.91. The zero-order valence-corrected chi connectivity index (χ0v) is 11.9. The van der Waals surface area contributed by atoms with Crippen molar-refractivity contribution in [3.05, 3.63) is 34.9 Å². The Morgan fingerprint density at radius 3 is 2.12 bits per heavy atom. The quantitative estimate of drug-likeness (QED) is 0.874. The number of hydrogen-bond donors (Lipinski definition) is 1. The van der Waals surface area contributed by atoms with Crippen LogP contribution in [0.2, 0.25) is 5.02 Å². The third-order valence-electron chi connectivity index (χ3n) is 2.84. The lowest BCUT2D eigenvalue weighted by atomic mass is 9.99. The van der Waals surface area contributed by atoms with E-state index in [2.05, 4.69) is 44.9 Å². The van der Waals surface area contributed by atoms with Crippen LogP contribution in [-0.2, 0) is 0 Å². The van der Waals surface area contributed by atoms with Gasteiger partial charge in [0.05, 0.1) is 0 Å². The summed E-state index contributed by atoms with van der Waals surface area (Å²) in [6, 6.07) is 8.32. The average molecular weight is 255 g/mol. The highest BCUT2D eigenvalue weighted by Crippen LogP contribution is 2.24. The second-order valence-electron chi connectivity index (χ2n) is 5.19. The minimum Gasteiger partial charge on any atom is -0.326 e. The summed E-state index contributed by atoms with van der Waals surface area (Å²) >= 11 is 5.91. The molecule has 3 heteroatoms. The number of nitrogens with two attached hydrogens (primary N) is 1. The van der Waals surface area contributed by atoms with Gasteiger partial charge in [0.1, 0.15) is 0 Å². The highest BCUT2D eigenvalue weighted by atomic mass is 35.5. The summed E-state index contributed by atoms with van der Waals surface area (Å²) in [7, 11) is 2.13. The molecule has 1 aromatic carbocycles. The van der Waals surface area contributed by atoms with E-state index in [9.17, 15) is 0 Å². The van der Waals surface area contributed by atoms with Gasteiger partial charge >= 0.3 is 0 Å². The predicted octanol–water partition coefficient (Wildman–Crippen LogP) is 3.32. The number of hydrogen-bond acceptors (Lipinski definition) is 2. The fraction of sp³-hybridized carbons (Fsp3) is 0.571. The molecular weight excluding hydrogens is 232 g/mol. The lowest BCUT2D eigenvalue weighted by Crippen LogP contribution is -2.38. The summed E-state index contributed by atoms with van der Waals surface area (Å²) in [6.07, 6.45) is 0. The molecule has 2 unspecified atom stereocenters. The Morgan fingerprint density at radius 1 is 1.18 bits per heavy atom. The molecule has 2 N–H and O–H groups in total. The van der Waals surface area contributed by atoms with E-state index in [1.807, 2.05) is 12.1 Å². The van der Waals surface area contributed by atoms with Crippen molar-refractivity contribution in [3.63, 3.8) is 0 Å². The third kappa shape index (κ3) is 4.30. The van der Waals surface area contributed by atoms with Gasteiger partial charge in [-0.05, 0) is 37.6 Å². The molecule has 0 aliphatic carbocycles. The van der Waals surface area contributed by atoms with Crippen LogP contribution in [0.5, 0.6) is 0 Å². The lowest BCUT2D eigenvalue weighted by Gasteiger charge is -2.32. The average Bonchev–Trinajstić information content (AvgIpc) is 2.19. The summed E-state index contributed by atoms with van der Waals surface area (Å²) in [5, 5.41) is 0.767. The van der Waals surface area contributed by atoms with Crippen molar-refractivity contribution in [2.24, 2.45) is 11.7 Å². The summed E-state index contributed by atoms with van der Waals surface area (Å²) < 4.78 is 0. The number of rotatable bonds is 5. The molecule has 96 valence electrons. The van der Waals surface area contributed by atoms with Crippen molar-refractivity contribution in [1.82, 2.24) is 4.90 Å². The van der Waals surface area contributed by atoms with E-state index in [0.29, 0.717) is 5.92 Å². The monoisotopic (exact) mass is 254 g/mol. The van der Waals surface area contributed by atoms with E-state index < -0.39 is 0 Å². The molecule has 0 saturated carbocycles. The summed E-state index contributed by atoms with van der Waals surface area (Å²) in [5.74, 6) is 0.633. The summed E-state index contributed by atoms with van der Waals surface area (Å²) in [4.78, 5) is 2.32. The fourth-order valence-corrected chi connectivity index (χ4v) is 2.43. The minimum absolute atomic E-state index is 0.0972. The van der Waals surface area contributed by atoms with E-state index in [1.54, 1.807) is 0 Å². The number of halogens is 1. The molecule has 0 radical (unpaired) electrons. The van der Waals surface area contributed by atoms with Crippen molar-refractivity contribution >= 4 is 11.6 Å². The Morgan fingerprint density at radius 2 is 1.71 bits per heavy atom. The predicted molar refractivity (Wildman–Crippen MR) is 75.3 cm³/mol. The molecular formula is C14H23ClN2. The summed E-state index contributed by atoms with van der Waals surface area (Å²) in [5.41, 5.74) is 7.34. The topological polar surface area (TPSA) is 29.3 Å². The van der Waals surface area contributed by atoms with Crippen LogP contribution in [0.1, 0.15) is 32.4 Å². The van der Waals surface area contributed by atoms with Gasteiger partial charge in [-0.1, -0.05) is 37.6 Å². The molecule has 2 atom stereocenters. The molecule has 1 aromatic rings. The second-order valence-corrected chi connectivity index (χ2v) is 5.63. The molecule has 0 bridgehead atoms. The molecule has 17 heavy (non-hydrogen) atoms. The minimum atomic E-state index is 0.0972. The molecule has 0 amide bonds. The zero-order valence-electron chi connectivity index (χ0n) is 11.2. The van der Waals surface area contributed by atoms with Crippen LogP contribution in [0.4, 0.5) is 0 Å². The molecule has 0 aliphatic heterocycles. The van der Waals surface area contributed by atoms with Crippen LogP contribution in [0.15, 0.2) is 24.3 Å². The second kappa shape index (κ2) is 6.39. The molecule has 0 fully saturated rings. The zero-order chi connectivity index (χ0) is 13.0. The molecule has 2 nitrogen and oxygen atoms in total. The van der Waals surface area contributed by atoms with Gasteiger partial charge in [-0.2, -0.15) is 0 Å². The van der Waals surface area contributed by atoms with Crippen LogP contribution in [0.3, 0.4) is 0 Å². The Kier molecular flexibility index (Phi) is 5.44. The normalized spacial score (nSPS) is 15.3. The number of likely N-dealkylation sites (N-methyl/N-ethyl adjacent to an activating group) is 1. The van der Waals surface area contributed by atoms with Gasteiger partial charge in [0.25, 0.3) is 0 Å². The van der Waals surface area contributed by atoms with Crippen molar-refractivity contribution in [2.75, 3.05) is 13.6 Å². The largest absolute Gasteiger partial charge is 0.326 e. The lowest BCUT2D eigenvalue weighted by molar-refractivity contribution is 0.197. The maximum Gasteiger partial charge on any atom is 0.0493 e. The number of nitrogens with zero attached hydrogens (tertiary/aromatic N) is 1. The van der Waals surface area contributed by atoms with Crippen LogP contribution in [-0.4, -0.2) is 24.5 Å². The van der Waals surface area contributed by atoms with Crippen LogP contribution in [0, 0.1) is 5.92 Å². The molecule has 0 aromatic heterocycles. The maximum absolute atomic E-state index is 6.11. The number of benzene rings is 1. The van der Waals surface area contributed by atoms with Crippen LogP contribution >= 0.6 is 11.6 Å². The van der Waals surface area contributed by atoms with Crippen molar-refractivity contribution in [2.45, 2.75) is 32.9 Å². The van der Waals surface area contributed by atoms with E-state index in [-0.39, 0.29) is 12.1 Å².